The van der Waals surface area contributed by atoms with Crippen LogP contribution in [0.2, 0.25) is 0 Å². The standard InChI is InChI=1S/C19H25FN4OS/c1-19(2,26-4)13-24-18(21-3)23-11-14-7-8-17(16(20)10-14)25-15-6-5-9-22-12-15/h5-10,12H,11,13H2,1-4H3,(H2,21,23,24). The summed E-state index contributed by atoms with van der Waals surface area (Å²) in [5, 5.41) is 6.47. The normalized spacial score (nSPS) is 12.0. The molecule has 0 atom stereocenters. The Bertz CT molecular complexity index is 738. The summed E-state index contributed by atoms with van der Waals surface area (Å²) < 4.78 is 19.9. The second-order valence-corrected chi connectivity index (χ2v) is 7.81. The minimum absolute atomic E-state index is 0.106. The average Bonchev–Trinajstić information content (AvgIpc) is 2.65. The van der Waals surface area contributed by atoms with Crippen molar-refractivity contribution >= 4 is 17.7 Å². The van der Waals surface area contributed by atoms with Crippen LogP contribution in [-0.4, -0.2) is 35.5 Å². The maximum atomic E-state index is 14.3. The molecule has 26 heavy (non-hydrogen) atoms. The summed E-state index contributed by atoms with van der Waals surface area (Å²) in [6, 6.07) is 8.36. The molecule has 0 saturated carbocycles. The first kappa shape index (κ1) is 20.0. The fourth-order valence-corrected chi connectivity index (χ4v) is 2.26. The summed E-state index contributed by atoms with van der Waals surface area (Å²) in [5.74, 6) is 0.937. The lowest BCUT2D eigenvalue weighted by molar-refractivity contribution is 0.440. The van der Waals surface area contributed by atoms with Gasteiger partial charge in [-0.2, -0.15) is 11.8 Å². The number of aromatic nitrogens is 1. The van der Waals surface area contributed by atoms with Crippen LogP contribution in [0.4, 0.5) is 4.39 Å². The SMILES string of the molecule is CN=C(NCc1ccc(Oc2cccnc2)c(F)c1)NCC(C)(C)SC. The number of nitrogens with zero attached hydrogens (tertiary/aromatic N) is 2. The number of ether oxygens (including phenoxy) is 1. The van der Waals surface area contributed by atoms with Gasteiger partial charge in [0.05, 0.1) is 6.20 Å². The topological polar surface area (TPSA) is 58.5 Å². The third-order valence-corrected chi connectivity index (χ3v) is 5.03. The number of pyridine rings is 1. The Morgan fingerprint density at radius 2 is 2.12 bits per heavy atom. The molecule has 2 aromatic rings. The number of nitrogens with one attached hydrogen (secondary N) is 2. The highest BCUT2D eigenvalue weighted by Crippen LogP contribution is 2.24. The first-order valence-corrected chi connectivity index (χ1v) is 9.52. The van der Waals surface area contributed by atoms with Gasteiger partial charge < -0.3 is 15.4 Å². The summed E-state index contributed by atoms with van der Waals surface area (Å²) in [5.41, 5.74) is 0.799. The Morgan fingerprint density at radius 3 is 2.73 bits per heavy atom. The summed E-state index contributed by atoms with van der Waals surface area (Å²) in [6.45, 7) is 5.56. The molecule has 2 N–H and O–H groups in total. The number of halogens is 1. The van der Waals surface area contributed by atoms with Gasteiger partial charge in [0, 0.05) is 31.1 Å². The molecule has 140 valence electrons. The van der Waals surface area contributed by atoms with Crippen LogP contribution in [-0.2, 0) is 6.54 Å². The van der Waals surface area contributed by atoms with Gasteiger partial charge >= 0.3 is 0 Å². The Morgan fingerprint density at radius 1 is 1.31 bits per heavy atom. The largest absolute Gasteiger partial charge is 0.453 e. The Labute approximate surface area is 158 Å². The van der Waals surface area contributed by atoms with E-state index in [0.29, 0.717) is 18.3 Å². The third-order valence-electron chi connectivity index (χ3n) is 3.78. The summed E-state index contributed by atoms with van der Waals surface area (Å²) in [6.07, 6.45) is 5.26. The van der Waals surface area contributed by atoms with Crippen molar-refractivity contribution in [2.24, 2.45) is 4.99 Å². The molecule has 0 fully saturated rings. The van der Waals surface area contributed by atoms with Crippen LogP contribution >= 0.6 is 11.8 Å². The van der Waals surface area contributed by atoms with Crippen LogP contribution in [0.25, 0.3) is 0 Å². The van der Waals surface area contributed by atoms with Gasteiger partial charge in [0.2, 0.25) is 0 Å². The first-order valence-electron chi connectivity index (χ1n) is 8.29. The van der Waals surface area contributed by atoms with Crippen LogP contribution in [0, 0.1) is 5.82 Å². The van der Waals surface area contributed by atoms with Crippen molar-refractivity contribution < 1.29 is 9.13 Å². The maximum Gasteiger partial charge on any atom is 0.191 e. The van der Waals surface area contributed by atoms with Crippen molar-refractivity contribution in [2.75, 3.05) is 19.8 Å². The molecule has 1 heterocycles. The van der Waals surface area contributed by atoms with E-state index in [-0.39, 0.29) is 10.5 Å². The lowest BCUT2D eigenvalue weighted by Crippen LogP contribution is -2.42. The monoisotopic (exact) mass is 376 g/mol. The van der Waals surface area contributed by atoms with Crippen LogP contribution in [0.1, 0.15) is 19.4 Å². The molecule has 0 spiro atoms. The van der Waals surface area contributed by atoms with Crippen LogP contribution in [0.15, 0.2) is 47.7 Å². The number of hydrogen-bond donors (Lipinski definition) is 2. The minimum atomic E-state index is -0.417. The van der Waals surface area contributed by atoms with Gasteiger partial charge in [-0.15, -0.1) is 0 Å². The van der Waals surface area contributed by atoms with E-state index in [2.05, 4.69) is 40.7 Å². The van der Waals surface area contributed by atoms with E-state index in [1.54, 1.807) is 49.4 Å². The zero-order chi connectivity index (χ0) is 19.0. The molecule has 0 radical (unpaired) electrons. The van der Waals surface area contributed by atoms with E-state index in [1.165, 1.54) is 6.07 Å². The van der Waals surface area contributed by atoms with Gasteiger partial charge in [-0.3, -0.25) is 9.98 Å². The Balaban J connectivity index is 1.92. The highest BCUT2D eigenvalue weighted by atomic mass is 32.2. The molecule has 0 bridgehead atoms. The summed E-state index contributed by atoms with van der Waals surface area (Å²) >= 11 is 1.79. The van der Waals surface area contributed by atoms with E-state index in [9.17, 15) is 4.39 Å². The highest BCUT2D eigenvalue weighted by Gasteiger charge is 2.16. The number of guanidine groups is 1. The van der Waals surface area contributed by atoms with Crippen LogP contribution in [0.5, 0.6) is 11.5 Å². The Hall–Kier alpha value is -2.28. The van der Waals surface area contributed by atoms with Crippen molar-refractivity contribution in [1.29, 1.82) is 0 Å². The predicted molar refractivity (Wildman–Crippen MR) is 107 cm³/mol. The first-order chi connectivity index (χ1) is 12.4. The fraction of sp³-hybridized carbons (Fsp3) is 0.368. The van der Waals surface area contributed by atoms with Crippen molar-refractivity contribution in [3.05, 3.63) is 54.1 Å². The third kappa shape index (κ3) is 6.22. The van der Waals surface area contributed by atoms with E-state index >= 15 is 0 Å². The summed E-state index contributed by atoms with van der Waals surface area (Å²) in [7, 11) is 1.72. The van der Waals surface area contributed by atoms with Gasteiger partial charge in [0.25, 0.3) is 0 Å². The maximum absolute atomic E-state index is 14.3. The van der Waals surface area contributed by atoms with E-state index in [0.717, 1.165) is 12.1 Å². The predicted octanol–water partition coefficient (Wildman–Crippen LogP) is 3.82. The van der Waals surface area contributed by atoms with Crippen molar-refractivity contribution in [2.45, 2.75) is 25.1 Å². The molecule has 1 aromatic heterocycles. The molecular formula is C19H25FN4OS. The zero-order valence-electron chi connectivity index (χ0n) is 15.5. The van der Waals surface area contributed by atoms with E-state index in [4.69, 9.17) is 4.74 Å². The molecule has 0 aliphatic carbocycles. The van der Waals surface area contributed by atoms with Crippen molar-refractivity contribution in [3.63, 3.8) is 0 Å². The molecule has 0 saturated heterocycles. The van der Waals surface area contributed by atoms with Gasteiger partial charge in [-0.25, -0.2) is 4.39 Å². The molecular weight excluding hydrogens is 351 g/mol. The zero-order valence-corrected chi connectivity index (χ0v) is 16.4. The molecule has 1 aromatic carbocycles. The molecule has 0 aliphatic rings. The van der Waals surface area contributed by atoms with Gasteiger partial charge in [0.15, 0.2) is 17.5 Å². The minimum Gasteiger partial charge on any atom is -0.453 e. The van der Waals surface area contributed by atoms with Gasteiger partial charge in [0.1, 0.15) is 5.75 Å². The van der Waals surface area contributed by atoms with E-state index in [1.807, 2.05) is 6.07 Å². The molecule has 0 unspecified atom stereocenters. The number of thioether (sulfide) groups is 1. The quantitative estimate of drug-likeness (QED) is 0.568. The number of rotatable bonds is 7. The number of hydrogen-bond acceptors (Lipinski definition) is 4. The molecule has 5 nitrogen and oxygen atoms in total. The number of aliphatic imine (C=N–C) groups is 1. The second-order valence-electron chi connectivity index (χ2n) is 6.30. The Kier molecular flexibility index (Phi) is 7.26. The molecule has 2 rings (SSSR count). The number of benzene rings is 1. The van der Waals surface area contributed by atoms with Gasteiger partial charge in [-0.1, -0.05) is 6.07 Å². The van der Waals surface area contributed by atoms with Crippen LogP contribution in [0.3, 0.4) is 0 Å². The van der Waals surface area contributed by atoms with Gasteiger partial charge in [-0.05, 0) is 49.9 Å². The lowest BCUT2D eigenvalue weighted by atomic mass is 10.2. The lowest BCUT2D eigenvalue weighted by Gasteiger charge is -2.23. The molecule has 7 heteroatoms. The fourth-order valence-electron chi connectivity index (χ4n) is 2.05. The molecule has 0 amide bonds. The van der Waals surface area contributed by atoms with E-state index < -0.39 is 5.82 Å². The van der Waals surface area contributed by atoms with Crippen molar-refractivity contribution in [1.82, 2.24) is 15.6 Å². The highest BCUT2D eigenvalue weighted by molar-refractivity contribution is 7.99. The average molecular weight is 377 g/mol. The van der Waals surface area contributed by atoms with Crippen LogP contribution < -0.4 is 15.4 Å². The molecule has 0 aliphatic heterocycles. The smallest absolute Gasteiger partial charge is 0.191 e. The second kappa shape index (κ2) is 9.43. The summed E-state index contributed by atoms with van der Waals surface area (Å²) in [4.78, 5) is 8.14. The van der Waals surface area contributed by atoms with Crippen molar-refractivity contribution in [3.8, 4) is 11.5 Å².